The Morgan fingerprint density at radius 2 is 2.24 bits per heavy atom. The van der Waals surface area contributed by atoms with Gasteiger partial charge in [0.05, 0.1) is 36.7 Å². The molecule has 3 aromatic heterocycles. The van der Waals surface area contributed by atoms with Gasteiger partial charge in [-0.15, -0.1) is 0 Å². The zero-order valence-electron chi connectivity index (χ0n) is 16.0. The third-order valence-electron chi connectivity index (χ3n) is 5.17. The normalized spacial score (nSPS) is 16.0. The molecular weight excluding hydrogens is 374 g/mol. The minimum Gasteiger partial charge on any atom is -0.377 e. The average Bonchev–Trinajstić information content (AvgIpc) is 3.39. The third kappa shape index (κ3) is 3.05. The fourth-order valence-electron chi connectivity index (χ4n) is 3.70. The van der Waals surface area contributed by atoms with Crippen LogP contribution in [0, 0.1) is 0 Å². The molecule has 0 aromatic carbocycles. The summed E-state index contributed by atoms with van der Waals surface area (Å²) in [7, 11) is 0. The van der Waals surface area contributed by atoms with Crippen molar-refractivity contribution in [2.45, 2.75) is 38.9 Å². The zero-order valence-corrected chi connectivity index (χ0v) is 16.0. The molecular formula is C19H21N7O3. The van der Waals surface area contributed by atoms with E-state index in [0.717, 1.165) is 17.7 Å². The highest BCUT2D eigenvalue weighted by Gasteiger charge is 2.26. The molecule has 0 unspecified atom stereocenters. The number of imidazole rings is 1. The Morgan fingerprint density at radius 3 is 3.00 bits per heavy atom. The molecule has 0 aliphatic carbocycles. The van der Waals surface area contributed by atoms with Crippen molar-refractivity contribution in [2.24, 2.45) is 4.99 Å². The highest BCUT2D eigenvalue weighted by atomic mass is 16.5. The first-order chi connectivity index (χ1) is 14.1. The number of hydrogen-bond donors (Lipinski definition) is 1. The van der Waals surface area contributed by atoms with Crippen LogP contribution in [-0.2, 0) is 29.0 Å². The molecule has 5 heterocycles. The molecule has 1 amide bonds. The molecule has 3 aromatic rings. The number of rotatable bonds is 6. The molecule has 2 aliphatic heterocycles. The van der Waals surface area contributed by atoms with Crippen molar-refractivity contribution >= 4 is 23.2 Å². The number of ether oxygens (including phenoxy) is 1. The molecule has 150 valence electrons. The second-order valence-electron chi connectivity index (χ2n) is 7.32. The summed E-state index contributed by atoms with van der Waals surface area (Å²) in [5, 5.41) is 7.17. The van der Waals surface area contributed by atoms with E-state index in [1.54, 1.807) is 27.8 Å². The summed E-state index contributed by atoms with van der Waals surface area (Å²) in [6.07, 6.45) is 8.25. The van der Waals surface area contributed by atoms with Gasteiger partial charge in [0.2, 0.25) is 11.7 Å². The van der Waals surface area contributed by atoms with E-state index in [2.05, 4.69) is 15.4 Å². The number of hydrogen-bond acceptors (Lipinski definition) is 6. The first kappa shape index (κ1) is 17.8. The van der Waals surface area contributed by atoms with Crippen LogP contribution in [0.4, 0.5) is 5.82 Å². The maximum absolute atomic E-state index is 13.0. The monoisotopic (exact) mass is 395 g/mol. The van der Waals surface area contributed by atoms with Crippen molar-refractivity contribution in [1.29, 1.82) is 0 Å². The Morgan fingerprint density at radius 1 is 1.38 bits per heavy atom. The Labute approximate surface area is 165 Å². The van der Waals surface area contributed by atoms with Gasteiger partial charge in [0.15, 0.2) is 0 Å². The summed E-state index contributed by atoms with van der Waals surface area (Å²) < 4.78 is 10.2. The van der Waals surface area contributed by atoms with Crippen LogP contribution in [-0.4, -0.2) is 54.6 Å². The lowest BCUT2D eigenvalue weighted by Gasteiger charge is -2.26. The molecule has 0 radical (unpaired) electrons. The quantitative estimate of drug-likeness (QED) is 0.646. The van der Waals surface area contributed by atoms with Crippen LogP contribution < -0.4 is 10.9 Å². The number of carbonyl (C=O) groups is 1. The van der Waals surface area contributed by atoms with E-state index in [9.17, 15) is 9.59 Å². The highest BCUT2D eigenvalue weighted by molar-refractivity contribution is 6.05. The van der Waals surface area contributed by atoms with E-state index in [4.69, 9.17) is 9.73 Å². The standard InChI is InChI=1S/C19H21N7O3/c1-2-4-26-18(28)14-6-15(23-17(14)25-5-3-20-19(25)26)12-7-21-24(8-12)9-16(27)22-13-10-29-11-13/h3,5,7-8,13H,2,4,6,9-11H2,1H3,(H,22,27). The smallest absolute Gasteiger partial charge is 0.260 e. The number of carbonyl (C=O) groups excluding carboxylic acids is 1. The molecule has 0 bridgehead atoms. The summed E-state index contributed by atoms with van der Waals surface area (Å²) in [6, 6.07) is 0.0918. The van der Waals surface area contributed by atoms with E-state index >= 15 is 0 Å². The van der Waals surface area contributed by atoms with Gasteiger partial charge in [-0.2, -0.15) is 5.10 Å². The van der Waals surface area contributed by atoms with Gasteiger partial charge in [0.1, 0.15) is 12.4 Å². The topological polar surface area (TPSA) is 108 Å². The van der Waals surface area contributed by atoms with Crippen LogP contribution in [0.15, 0.2) is 34.6 Å². The number of aromatic nitrogens is 5. The van der Waals surface area contributed by atoms with Crippen molar-refractivity contribution in [3.8, 4) is 0 Å². The van der Waals surface area contributed by atoms with Crippen LogP contribution >= 0.6 is 0 Å². The summed E-state index contributed by atoms with van der Waals surface area (Å²) >= 11 is 0. The first-order valence-electron chi connectivity index (χ1n) is 9.70. The van der Waals surface area contributed by atoms with E-state index < -0.39 is 0 Å². The van der Waals surface area contributed by atoms with Gasteiger partial charge in [0.25, 0.3) is 5.56 Å². The van der Waals surface area contributed by atoms with E-state index in [-0.39, 0.29) is 24.1 Å². The van der Waals surface area contributed by atoms with Crippen molar-refractivity contribution in [3.63, 3.8) is 0 Å². The van der Waals surface area contributed by atoms with Gasteiger partial charge in [-0.1, -0.05) is 6.92 Å². The number of nitrogens with zero attached hydrogens (tertiary/aromatic N) is 6. The molecule has 1 N–H and O–H groups in total. The summed E-state index contributed by atoms with van der Waals surface area (Å²) in [4.78, 5) is 34.1. The van der Waals surface area contributed by atoms with E-state index in [1.165, 1.54) is 0 Å². The van der Waals surface area contributed by atoms with Crippen LogP contribution in [0.2, 0.25) is 0 Å². The predicted molar refractivity (Wildman–Crippen MR) is 105 cm³/mol. The largest absolute Gasteiger partial charge is 0.377 e. The molecule has 1 fully saturated rings. The molecule has 0 saturated carbocycles. The third-order valence-corrected chi connectivity index (χ3v) is 5.17. The number of fused-ring (bicyclic) bond motifs is 3. The van der Waals surface area contributed by atoms with Gasteiger partial charge in [-0.05, 0) is 6.42 Å². The van der Waals surface area contributed by atoms with Crippen molar-refractivity contribution in [3.05, 3.63) is 46.3 Å². The number of aliphatic imine (C=N–C) groups is 1. The minimum absolute atomic E-state index is 0.0474. The fourth-order valence-corrected chi connectivity index (χ4v) is 3.70. The molecule has 29 heavy (non-hydrogen) atoms. The Balaban J connectivity index is 1.41. The van der Waals surface area contributed by atoms with Crippen LogP contribution in [0.3, 0.4) is 0 Å². The second-order valence-corrected chi connectivity index (χ2v) is 7.32. The highest BCUT2D eigenvalue weighted by Crippen LogP contribution is 2.27. The predicted octanol–water partition coefficient (Wildman–Crippen LogP) is 0.294. The van der Waals surface area contributed by atoms with Gasteiger partial charge in [0, 0.05) is 37.1 Å². The lowest BCUT2D eigenvalue weighted by atomic mass is 10.1. The minimum atomic E-state index is -0.104. The fraction of sp³-hybridized carbons (Fsp3) is 0.421. The molecule has 2 aliphatic rings. The zero-order chi connectivity index (χ0) is 20.0. The van der Waals surface area contributed by atoms with Crippen LogP contribution in [0.1, 0.15) is 24.5 Å². The van der Waals surface area contributed by atoms with E-state index in [0.29, 0.717) is 43.3 Å². The second kappa shape index (κ2) is 6.96. The Kier molecular flexibility index (Phi) is 4.27. The Hall–Kier alpha value is -3.27. The molecule has 10 nitrogen and oxygen atoms in total. The Bertz CT molecular complexity index is 1180. The van der Waals surface area contributed by atoms with Crippen molar-refractivity contribution in [1.82, 2.24) is 29.0 Å². The first-order valence-corrected chi connectivity index (χ1v) is 9.70. The van der Waals surface area contributed by atoms with Gasteiger partial charge in [-0.3, -0.25) is 23.2 Å². The average molecular weight is 395 g/mol. The summed E-state index contributed by atoms with van der Waals surface area (Å²) in [5.74, 6) is 1.13. The molecule has 5 rings (SSSR count). The maximum atomic E-state index is 13.0. The van der Waals surface area contributed by atoms with E-state index in [1.807, 2.05) is 17.5 Å². The van der Waals surface area contributed by atoms with Crippen LogP contribution in [0.5, 0.6) is 0 Å². The number of nitrogens with one attached hydrogen (secondary N) is 1. The molecule has 1 saturated heterocycles. The lowest BCUT2D eigenvalue weighted by molar-refractivity contribution is -0.126. The summed E-state index contributed by atoms with van der Waals surface area (Å²) in [5.41, 5.74) is 2.18. The summed E-state index contributed by atoms with van der Waals surface area (Å²) in [6.45, 7) is 3.89. The molecule has 0 spiro atoms. The molecule has 0 atom stereocenters. The van der Waals surface area contributed by atoms with Crippen molar-refractivity contribution in [2.75, 3.05) is 13.2 Å². The van der Waals surface area contributed by atoms with Gasteiger partial charge < -0.3 is 10.1 Å². The molecule has 10 heteroatoms. The number of amides is 1. The SMILES string of the molecule is CCCn1c(=O)c2c(n3ccnc13)N=C(c1cnn(CC(=O)NC3COC3)c1)C2. The lowest BCUT2D eigenvalue weighted by Crippen LogP contribution is -2.49. The van der Waals surface area contributed by atoms with Gasteiger partial charge >= 0.3 is 0 Å². The number of aryl methyl sites for hydroxylation is 1. The maximum Gasteiger partial charge on any atom is 0.260 e. The van der Waals surface area contributed by atoms with Crippen LogP contribution in [0.25, 0.3) is 5.78 Å². The van der Waals surface area contributed by atoms with Gasteiger partial charge in [-0.25, -0.2) is 9.98 Å². The van der Waals surface area contributed by atoms with Crippen molar-refractivity contribution < 1.29 is 9.53 Å².